The van der Waals surface area contributed by atoms with Crippen LogP contribution in [0, 0.1) is 0 Å². The molecule has 1 fully saturated rings. The van der Waals surface area contributed by atoms with E-state index in [1.54, 1.807) is 18.2 Å². The highest BCUT2D eigenvalue weighted by Gasteiger charge is 2.52. The minimum Gasteiger partial charge on any atom is -0.508 e. The quantitative estimate of drug-likeness (QED) is 0.443. The average Bonchev–Trinajstić information content (AvgIpc) is 2.68. The zero-order valence-electron chi connectivity index (χ0n) is 18.1. The molecule has 32 heavy (non-hydrogen) atoms. The van der Waals surface area contributed by atoms with Crippen molar-refractivity contribution in [1.82, 2.24) is 0 Å². The number of carbonyl (C=O) groups excluding carboxylic acids is 4. The Morgan fingerprint density at radius 3 is 1.97 bits per heavy atom. The molecular formula is C21H26O11. The topological polar surface area (TPSA) is 144 Å². The molecular weight excluding hydrogens is 428 g/mol. The maximum Gasteiger partial charge on any atom is 0.303 e. The lowest BCUT2D eigenvalue weighted by molar-refractivity contribution is -0.310. The highest BCUT2D eigenvalue weighted by atomic mass is 16.7. The number of para-hydroxylation sites is 1. The monoisotopic (exact) mass is 454 g/mol. The van der Waals surface area contributed by atoms with Crippen molar-refractivity contribution in [2.24, 2.45) is 0 Å². The van der Waals surface area contributed by atoms with Crippen molar-refractivity contribution in [3.8, 4) is 5.75 Å². The Hall–Kier alpha value is -3.18. The predicted molar refractivity (Wildman–Crippen MR) is 105 cm³/mol. The van der Waals surface area contributed by atoms with Crippen LogP contribution in [0.1, 0.15) is 33.3 Å². The number of benzene rings is 1. The Morgan fingerprint density at radius 1 is 0.844 bits per heavy atom. The molecule has 0 aliphatic carbocycles. The van der Waals surface area contributed by atoms with Gasteiger partial charge in [-0.25, -0.2) is 0 Å². The van der Waals surface area contributed by atoms with Crippen LogP contribution < -0.4 is 0 Å². The molecule has 1 aliphatic rings. The summed E-state index contributed by atoms with van der Waals surface area (Å²) in [4.78, 5) is 46.5. The van der Waals surface area contributed by atoms with Crippen molar-refractivity contribution < 1.29 is 52.7 Å². The first-order valence-corrected chi connectivity index (χ1v) is 9.77. The first-order chi connectivity index (χ1) is 15.1. The Bertz CT molecular complexity index is 837. The van der Waals surface area contributed by atoms with E-state index in [-0.39, 0.29) is 19.0 Å². The molecule has 5 atom stereocenters. The van der Waals surface area contributed by atoms with Gasteiger partial charge in [0.25, 0.3) is 0 Å². The lowest BCUT2D eigenvalue weighted by Crippen LogP contribution is -2.62. The summed E-state index contributed by atoms with van der Waals surface area (Å²) in [5, 5.41) is 9.97. The molecule has 0 bridgehead atoms. The van der Waals surface area contributed by atoms with Crippen molar-refractivity contribution in [1.29, 1.82) is 0 Å². The van der Waals surface area contributed by atoms with Crippen molar-refractivity contribution in [2.75, 3.05) is 6.61 Å². The molecule has 1 aliphatic heterocycles. The summed E-state index contributed by atoms with van der Waals surface area (Å²) >= 11 is 0. The molecule has 1 heterocycles. The number of phenolic OH excluding ortho intramolecular Hbond substituents is 1. The van der Waals surface area contributed by atoms with Gasteiger partial charge in [0.1, 0.15) is 18.5 Å². The zero-order chi connectivity index (χ0) is 23.8. The summed E-state index contributed by atoms with van der Waals surface area (Å²) < 4.78 is 32.4. The lowest BCUT2D eigenvalue weighted by Gasteiger charge is -2.44. The van der Waals surface area contributed by atoms with Gasteiger partial charge in [-0.15, -0.1) is 0 Å². The molecule has 1 aromatic carbocycles. The standard InChI is InChI=1S/C21H26O11/c1-11(22)27-10-17-18(29-12(2)23)19(30-13(3)24)20(31-14(4)25)21(32-17)28-9-15-7-5-6-8-16(15)26/h5-8,17-21,26H,9-10H2,1-4H3/t17-,18-,19+,20-,21?/m1/s1. The third-order valence-electron chi connectivity index (χ3n) is 4.34. The molecule has 176 valence electrons. The van der Waals surface area contributed by atoms with Crippen LogP contribution in [0.2, 0.25) is 0 Å². The molecule has 0 radical (unpaired) electrons. The summed E-state index contributed by atoms with van der Waals surface area (Å²) in [6.07, 6.45) is -6.31. The summed E-state index contributed by atoms with van der Waals surface area (Å²) in [7, 11) is 0. The number of carbonyl (C=O) groups is 4. The van der Waals surface area contributed by atoms with Gasteiger partial charge >= 0.3 is 23.9 Å². The minimum atomic E-state index is -1.32. The Kier molecular flexibility index (Phi) is 8.97. The van der Waals surface area contributed by atoms with Crippen LogP contribution in [-0.2, 0) is 54.2 Å². The number of phenols is 1. The third kappa shape index (κ3) is 7.20. The van der Waals surface area contributed by atoms with Gasteiger partial charge in [-0.2, -0.15) is 0 Å². The molecule has 11 nitrogen and oxygen atoms in total. The van der Waals surface area contributed by atoms with Gasteiger partial charge in [-0.05, 0) is 6.07 Å². The van der Waals surface area contributed by atoms with E-state index in [1.807, 2.05) is 0 Å². The highest BCUT2D eigenvalue weighted by molar-refractivity contribution is 5.68. The number of hydrogen-bond donors (Lipinski definition) is 1. The molecule has 0 amide bonds. The normalized spacial score (nSPS) is 24.8. The Morgan fingerprint density at radius 2 is 1.41 bits per heavy atom. The molecule has 0 spiro atoms. The van der Waals surface area contributed by atoms with E-state index < -0.39 is 54.6 Å². The van der Waals surface area contributed by atoms with E-state index in [9.17, 15) is 24.3 Å². The Labute approximate surface area is 184 Å². The van der Waals surface area contributed by atoms with Gasteiger partial charge in [-0.1, -0.05) is 18.2 Å². The smallest absolute Gasteiger partial charge is 0.303 e. The van der Waals surface area contributed by atoms with Crippen LogP contribution >= 0.6 is 0 Å². The number of esters is 4. The maximum absolute atomic E-state index is 11.8. The van der Waals surface area contributed by atoms with E-state index in [0.717, 1.165) is 20.8 Å². The Balaban J connectivity index is 2.37. The molecule has 2 rings (SSSR count). The fraction of sp³-hybridized carbons (Fsp3) is 0.524. The van der Waals surface area contributed by atoms with Gasteiger partial charge in [0.2, 0.25) is 0 Å². The van der Waals surface area contributed by atoms with Crippen LogP contribution in [0.4, 0.5) is 0 Å². The second-order valence-corrected chi connectivity index (χ2v) is 7.01. The molecule has 1 aromatic rings. The molecule has 1 N–H and O–H groups in total. The highest BCUT2D eigenvalue weighted by Crippen LogP contribution is 2.31. The SMILES string of the molecule is CC(=O)OC[C@H]1OC(OCc2ccccc2O)[C@H](OC(C)=O)[C@@H](OC(C)=O)[C@@H]1OC(C)=O. The number of aromatic hydroxyl groups is 1. The molecule has 0 saturated carbocycles. The summed E-state index contributed by atoms with van der Waals surface area (Å²) in [5.74, 6) is -2.84. The van der Waals surface area contributed by atoms with Gasteiger partial charge in [0, 0.05) is 33.3 Å². The molecule has 0 aromatic heterocycles. The van der Waals surface area contributed by atoms with Gasteiger partial charge in [0.15, 0.2) is 24.6 Å². The minimum absolute atomic E-state index is 0.0295. The second-order valence-electron chi connectivity index (χ2n) is 7.01. The van der Waals surface area contributed by atoms with Crippen LogP contribution in [0.25, 0.3) is 0 Å². The van der Waals surface area contributed by atoms with Crippen LogP contribution in [-0.4, -0.2) is 66.3 Å². The molecule has 11 heteroatoms. The van der Waals surface area contributed by atoms with Crippen molar-refractivity contribution in [3.05, 3.63) is 29.8 Å². The van der Waals surface area contributed by atoms with Gasteiger partial charge in [-0.3, -0.25) is 19.2 Å². The van der Waals surface area contributed by atoms with E-state index in [4.69, 9.17) is 28.4 Å². The van der Waals surface area contributed by atoms with Crippen LogP contribution in [0.5, 0.6) is 5.75 Å². The fourth-order valence-electron chi connectivity index (χ4n) is 3.13. The van der Waals surface area contributed by atoms with Crippen molar-refractivity contribution in [3.63, 3.8) is 0 Å². The summed E-state index contributed by atoms with van der Waals surface area (Å²) in [6.45, 7) is 4.08. The molecule has 1 unspecified atom stereocenters. The van der Waals surface area contributed by atoms with E-state index in [0.29, 0.717) is 5.56 Å². The first kappa shape index (κ1) is 25.1. The number of rotatable bonds is 8. The van der Waals surface area contributed by atoms with Crippen molar-refractivity contribution in [2.45, 2.75) is 65.0 Å². The third-order valence-corrected chi connectivity index (χ3v) is 4.34. The van der Waals surface area contributed by atoms with Gasteiger partial charge < -0.3 is 33.5 Å². The fourth-order valence-corrected chi connectivity index (χ4v) is 3.13. The van der Waals surface area contributed by atoms with E-state index in [2.05, 4.69) is 0 Å². The largest absolute Gasteiger partial charge is 0.508 e. The van der Waals surface area contributed by atoms with Crippen molar-refractivity contribution >= 4 is 23.9 Å². The number of ether oxygens (including phenoxy) is 6. The van der Waals surface area contributed by atoms with Gasteiger partial charge in [0.05, 0.1) is 6.61 Å². The summed E-state index contributed by atoms with van der Waals surface area (Å²) in [5.41, 5.74) is 0.417. The zero-order valence-corrected chi connectivity index (χ0v) is 18.1. The second kappa shape index (κ2) is 11.4. The predicted octanol–water partition coefficient (Wildman–Crippen LogP) is 0.992. The maximum atomic E-state index is 11.8. The number of hydrogen-bond acceptors (Lipinski definition) is 11. The average molecular weight is 454 g/mol. The summed E-state index contributed by atoms with van der Waals surface area (Å²) in [6, 6.07) is 6.39. The lowest BCUT2D eigenvalue weighted by atomic mass is 9.98. The van der Waals surface area contributed by atoms with Crippen LogP contribution in [0.3, 0.4) is 0 Å². The van der Waals surface area contributed by atoms with E-state index in [1.165, 1.54) is 13.0 Å². The first-order valence-electron chi connectivity index (χ1n) is 9.77. The van der Waals surface area contributed by atoms with Crippen LogP contribution in [0.15, 0.2) is 24.3 Å². The molecule has 1 saturated heterocycles. The van der Waals surface area contributed by atoms with E-state index >= 15 is 0 Å².